The molecule has 1 aliphatic heterocycles. The molecule has 1 aliphatic rings. The Morgan fingerprint density at radius 1 is 1.09 bits per heavy atom. The van der Waals surface area contributed by atoms with Crippen LogP contribution in [0.1, 0.15) is 41.0 Å². The number of rotatable bonds is 7. The van der Waals surface area contributed by atoms with E-state index in [0.29, 0.717) is 29.5 Å². The molecule has 0 saturated heterocycles. The second kappa shape index (κ2) is 9.54. The summed E-state index contributed by atoms with van der Waals surface area (Å²) in [5, 5.41) is 14.4. The molecule has 0 saturated carbocycles. The molecule has 2 atom stereocenters. The molecule has 8 heteroatoms. The number of methoxy groups -OCH3 is 2. The van der Waals surface area contributed by atoms with Crippen molar-refractivity contribution in [2.24, 2.45) is 0 Å². The number of benzene rings is 2. The average molecular weight is 480 g/mol. The lowest BCUT2D eigenvalue weighted by atomic mass is 9.98. The van der Waals surface area contributed by atoms with Crippen molar-refractivity contribution in [3.63, 3.8) is 0 Å². The number of aliphatic hydroxyl groups is 1. The third-order valence-electron chi connectivity index (χ3n) is 6.15. The lowest BCUT2D eigenvalue weighted by molar-refractivity contribution is -0.00167. The summed E-state index contributed by atoms with van der Waals surface area (Å²) in [6.45, 7) is 0.603. The van der Waals surface area contributed by atoms with Crippen LogP contribution in [0, 0.1) is 0 Å². The first-order valence-corrected chi connectivity index (χ1v) is 11.5. The highest BCUT2D eigenvalue weighted by molar-refractivity contribution is 6.30. The summed E-state index contributed by atoms with van der Waals surface area (Å²) in [6, 6.07) is 15.8. The second-order valence-corrected chi connectivity index (χ2v) is 8.59. The summed E-state index contributed by atoms with van der Waals surface area (Å²) in [5.41, 5.74) is 4.64. The topological polar surface area (TPSA) is 70.7 Å². The number of halogens is 1. The molecule has 34 heavy (non-hydrogen) atoms. The number of nitrogens with zero attached hydrogens (tertiary/aromatic N) is 3. The molecule has 0 spiro atoms. The monoisotopic (exact) mass is 479 g/mol. The van der Waals surface area contributed by atoms with Crippen LogP contribution in [0.2, 0.25) is 5.02 Å². The molecule has 0 unspecified atom stereocenters. The molecule has 3 heterocycles. The van der Waals surface area contributed by atoms with Gasteiger partial charge in [-0.25, -0.2) is 0 Å². The molecule has 0 bridgehead atoms. The van der Waals surface area contributed by atoms with Gasteiger partial charge in [-0.05, 0) is 42.8 Å². The fraction of sp³-hybridized carbons (Fsp3) is 0.269. The van der Waals surface area contributed by atoms with Gasteiger partial charge in [0, 0.05) is 40.7 Å². The van der Waals surface area contributed by atoms with Crippen LogP contribution in [0.15, 0.2) is 67.1 Å². The maximum Gasteiger partial charge on any atom is 0.166 e. The second-order valence-electron chi connectivity index (χ2n) is 8.15. The van der Waals surface area contributed by atoms with E-state index in [4.69, 9.17) is 25.8 Å². The summed E-state index contributed by atoms with van der Waals surface area (Å²) in [5.74, 6) is 1.27. The van der Waals surface area contributed by atoms with Crippen molar-refractivity contribution in [3.05, 3.63) is 94.5 Å². The number of para-hydroxylation sites is 1. The van der Waals surface area contributed by atoms with Gasteiger partial charge < -0.3 is 23.9 Å². The van der Waals surface area contributed by atoms with Gasteiger partial charge in [0.15, 0.2) is 11.5 Å². The third-order valence-corrected chi connectivity index (χ3v) is 6.38. The van der Waals surface area contributed by atoms with E-state index < -0.39 is 6.10 Å². The van der Waals surface area contributed by atoms with Crippen molar-refractivity contribution in [2.45, 2.75) is 31.8 Å². The van der Waals surface area contributed by atoms with Gasteiger partial charge in [-0.15, -0.1) is 0 Å². The van der Waals surface area contributed by atoms with Crippen LogP contribution in [0.25, 0.3) is 5.69 Å². The summed E-state index contributed by atoms with van der Waals surface area (Å²) >= 11 is 6.46. The Labute approximate surface area is 203 Å². The molecular formula is C26H26ClN3O4. The molecule has 0 radical (unpaired) electrons. The van der Waals surface area contributed by atoms with E-state index in [1.54, 1.807) is 20.4 Å². The Hall–Kier alpha value is -3.26. The van der Waals surface area contributed by atoms with E-state index in [0.717, 1.165) is 28.1 Å². The highest BCUT2D eigenvalue weighted by Crippen LogP contribution is 2.46. The van der Waals surface area contributed by atoms with Crippen molar-refractivity contribution >= 4 is 11.6 Å². The van der Waals surface area contributed by atoms with Crippen LogP contribution in [0.4, 0.5) is 0 Å². The molecule has 2 aromatic heterocycles. The van der Waals surface area contributed by atoms with Gasteiger partial charge in [-0.2, -0.15) is 5.10 Å². The van der Waals surface area contributed by atoms with Gasteiger partial charge in [0.05, 0.1) is 38.4 Å². The van der Waals surface area contributed by atoms with Crippen LogP contribution in [-0.4, -0.2) is 33.7 Å². The SMILES string of the molecule is COc1cccc([C@H]2O[C@H](CCn3cc(CO)cn3)c3cccn3-c3ccc(Cl)cc32)c1OC. The Balaban J connectivity index is 1.60. The first-order valence-electron chi connectivity index (χ1n) is 11.1. The first-order chi connectivity index (χ1) is 16.6. The molecule has 7 nitrogen and oxygen atoms in total. The average Bonchev–Trinajstić information content (AvgIpc) is 3.51. The van der Waals surface area contributed by atoms with Crippen molar-refractivity contribution in [2.75, 3.05) is 14.2 Å². The Kier molecular flexibility index (Phi) is 6.32. The fourth-order valence-corrected chi connectivity index (χ4v) is 4.75. The van der Waals surface area contributed by atoms with E-state index in [9.17, 15) is 5.11 Å². The van der Waals surface area contributed by atoms with Crippen LogP contribution >= 0.6 is 11.6 Å². The van der Waals surface area contributed by atoms with Crippen LogP contribution in [-0.2, 0) is 17.9 Å². The molecular weight excluding hydrogens is 454 g/mol. The van der Waals surface area contributed by atoms with E-state index in [1.165, 1.54) is 0 Å². The van der Waals surface area contributed by atoms with Gasteiger partial charge in [0.2, 0.25) is 0 Å². The van der Waals surface area contributed by atoms with E-state index in [2.05, 4.69) is 15.7 Å². The van der Waals surface area contributed by atoms with Crippen LogP contribution in [0.3, 0.4) is 0 Å². The van der Waals surface area contributed by atoms with Gasteiger partial charge in [-0.3, -0.25) is 4.68 Å². The van der Waals surface area contributed by atoms with Gasteiger partial charge in [0.25, 0.3) is 0 Å². The number of ether oxygens (including phenoxy) is 3. The summed E-state index contributed by atoms with van der Waals surface area (Å²) < 4.78 is 22.2. The lowest BCUT2D eigenvalue weighted by Gasteiger charge is -2.25. The number of aliphatic hydroxyl groups excluding tert-OH is 1. The molecule has 176 valence electrons. The minimum Gasteiger partial charge on any atom is -0.493 e. The number of hydrogen-bond acceptors (Lipinski definition) is 5. The Bertz CT molecular complexity index is 1300. The largest absolute Gasteiger partial charge is 0.493 e. The number of aryl methyl sites for hydroxylation is 1. The Morgan fingerprint density at radius 3 is 2.74 bits per heavy atom. The standard InChI is InChI=1S/C26H26ClN3O4/c1-32-24-7-3-5-19(26(24)33-2)25-20-13-18(27)8-9-21(20)30-11-4-6-22(30)23(34-25)10-12-29-15-17(16-31)14-28-29/h3-9,11,13-15,23,25,31H,10,12,16H2,1-2H3/t23-,25-/m1/s1. The zero-order valence-electron chi connectivity index (χ0n) is 19.0. The summed E-state index contributed by atoms with van der Waals surface area (Å²) in [4.78, 5) is 0. The zero-order chi connectivity index (χ0) is 23.7. The maximum atomic E-state index is 9.37. The van der Waals surface area contributed by atoms with Gasteiger partial charge in [0.1, 0.15) is 12.2 Å². The van der Waals surface area contributed by atoms with E-state index >= 15 is 0 Å². The molecule has 5 rings (SSSR count). The minimum absolute atomic E-state index is 0.0312. The van der Waals surface area contributed by atoms with E-state index in [1.807, 2.05) is 59.5 Å². The third kappa shape index (κ3) is 4.07. The first kappa shape index (κ1) is 22.5. The number of fused-ring (bicyclic) bond motifs is 3. The highest BCUT2D eigenvalue weighted by atomic mass is 35.5. The van der Waals surface area contributed by atoms with E-state index in [-0.39, 0.29) is 12.7 Å². The zero-order valence-corrected chi connectivity index (χ0v) is 19.8. The molecule has 0 aliphatic carbocycles. The number of aromatic nitrogens is 3. The van der Waals surface area contributed by atoms with Crippen LogP contribution < -0.4 is 9.47 Å². The predicted molar refractivity (Wildman–Crippen MR) is 129 cm³/mol. The molecule has 2 aromatic carbocycles. The summed E-state index contributed by atoms with van der Waals surface area (Å²) in [6.07, 6.45) is 5.59. The summed E-state index contributed by atoms with van der Waals surface area (Å²) in [7, 11) is 3.26. The molecule has 0 fully saturated rings. The molecule has 0 amide bonds. The smallest absolute Gasteiger partial charge is 0.166 e. The lowest BCUT2D eigenvalue weighted by Crippen LogP contribution is -2.14. The number of hydrogen-bond donors (Lipinski definition) is 1. The van der Waals surface area contributed by atoms with Gasteiger partial charge >= 0.3 is 0 Å². The normalized spacial score (nSPS) is 17.1. The van der Waals surface area contributed by atoms with Gasteiger partial charge in [-0.1, -0.05) is 23.7 Å². The highest BCUT2D eigenvalue weighted by Gasteiger charge is 2.32. The quantitative estimate of drug-likeness (QED) is 0.400. The van der Waals surface area contributed by atoms with Crippen molar-refractivity contribution < 1.29 is 19.3 Å². The molecule has 4 aromatic rings. The van der Waals surface area contributed by atoms with Crippen molar-refractivity contribution in [1.82, 2.24) is 14.3 Å². The fourth-order valence-electron chi connectivity index (χ4n) is 4.57. The maximum absolute atomic E-state index is 9.37. The Morgan fingerprint density at radius 2 is 1.97 bits per heavy atom. The predicted octanol–water partition coefficient (Wildman–Crippen LogP) is 5.09. The minimum atomic E-state index is -0.436. The molecule has 1 N–H and O–H groups in total. The van der Waals surface area contributed by atoms with Crippen molar-refractivity contribution in [3.8, 4) is 17.2 Å². The van der Waals surface area contributed by atoms with Crippen LogP contribution in [0.5, 0.6) is 11.5 Å². The van der Waals surface area contributed by atoms with Crippen molar-refractivity contribution in [1.29, 1.82) is 0 Å².